The van der Waals surface area contributed by atoms with Crippen molar-refractivity contribution in [3.63, 3.8) is 0 Å². The lowest BCUT2D eigenvalue weighted by atomic mass is 9.96. The maximum absolute atomic E-state index is 11.4. The molecular formula is C7H11N3OS. The van der Waals surface area contributed by atoms with Gasteiger partial charge in [-0.15, -0.1) is 5.10 Å². The van der Waals surface area contributed by atoms with Crippen LogP contribution in [0.15, 0.2) is 6.20 Å². The minimum absolute atomic E-state index is 0.0199. The summed E-state index contributed by atoms with van der Waals surface area (Å²) in [6, 6.07) is 0. The molecule has 1 heterocycles. The van der Waals surface area contributed by atoms with Gasteiger partial charge in [0.05, 0.1) is 6.20 Å². The highest BCUT2D eigenvalue weighted by Crippen LogP contribution is 2.18. The lowest BCUT2D eigenvalue weighted by Crippen LogP contribution is -2.27. The number of nitrogens with zero attached hydrogens (tertiary/aromatic N) is 2. The highest BCUT2D eigenvalue weighted by atomic mass is 32.1. The van der Waals surface area contributed by atoms with Crippen LogP contribution in [-0.4, -0.2) is 15.5 Å². The van der Waals surface area contributed by atoms with Crippen molar-refractivity contribution in [3.8, 4) is 0 Å². The third-order valence-electron chi connectivity index (χ3n) is 1.28. The topological polar surface area (TPSA) is 54.9 Å². The smallest absolute Gasteiger partial charge is 0.230 e. The van der Waals surface area contributed by atoms with E-state index in [0.29, 0.717) is 5.00 Å². The molecule has 4 nitrogen and oxygen atoms in total. The number of aromatic nitrogens is 2. The molecule has 0 aliphatic carbocycles. The summed E-state index contributed by atoms with van der Waals surface area (Å²) in [6.45, 7) is 5.57. The van der Waals surface area contributed by atoms with Gasteiger partial charge in [0.2, 0.25) is 5.91 Å². The summed E-state index contributed by atoms with van der Waals surface area (Å²) in [7, 11) is 0. The zero-order valence-corrected chi connectivity index (χ0v) is 8.10. The Morgan fingerprint density at radius 2 is 2.25 bits per heavy atom. The van der Waals surface area contributed by atoms with E-state index in [1.165, 1.54) is 17.7 Å². The second-order valence-electron chi connectivity index (χ2n) is 3.49. The molecule has 0 aromatic carbocycles. The van der Waals surface area contributed by atoms with E-state index >= 15 is 0 Å². The van der Waals surface area contributed by atoms with Gasteiger partial charge in [0.25, 0.3) is 0 Å². The lowest BCUT2D eigenvalue weighted by Gasteiger charge is -2.15. The van der Waals surface area contributed by atoms with Gasteiger partial charge in [0, 0.05) is 16.9 Å². The monoisotopic (exact) mass is 185 g/mol. The molecule has 0 aliphatic heterocycles. The fourth-order valence-electron chi connectivity index (χ4n) is 0.522. The SMILES string of the molecule is CC(C)(C)C(=O)Nc1cnns1. The second kappa shape index (κ2) is 3.18. The summed E-state index contributed by atoms with van der Waals surface area (Å²) < 4.78 is 3.63. The van der Waals surface area contributed by atoms with Crippen LogP contribution in [0.1, 0.15) is 20.8 Å². The van der Waals surface area contributed by atoms with Crippen molar-refractivity contribution < 1.29 is 4.79 Å². The highest BCUT2D eigenvalue weighted by Gasteiger charge is 2.21. The highest BCUT2D eigenvalue weighted by molar-refractivity contribution is 7.10. The molecule has 0 atom stereocenters. The van der Waals surface area contributed by atoms with Crippen LogP contribution in [-0.2, 0) is 4.79 Å². The number of hydrogen-bond acceptors (Lipinski definition) is 4. The molecule has 1 rings (SSSR count). The molecule has 1 aromatic heterocycles. The van der Waals surface area contributed by atoms with Gasteiger partial charge in [-0.3, -0.25) is 4.79 Å². The van der Waals surface area contributed by atoms with Crippen LogP contribution in [0.5, 0.6) is 0 Å². The van der Waals surface area contributed by atoms with E-state index in [9.17, 15) is 4.79 Å². The number of nitrogens with one attached hydrogen (secondary N) is 1. The third-order valence-corrected chi connectivity index (χ3v) is 1.86. The predicted molar refractivity (Wildman–Crippen MR) is 48.0 cm³/mol. The lowest BCUT2D eigenvalue weighted by molar-refractivity contribution is -0.123. The zero-order valence-electron chi connectivity index (χ0n) is 7.29. The molecule has 0 fully saturated rings. The summed E-state index contributed by atoms with van der Waals surface area (Å²) >= 11 is 1.17. The van der Waals surface area contributed by atoms with E-state index in [-0.39, 0.29) is 11.3 Å². The fraction of sp³-hybridized carbons (Fsp3) is 0.571. The summed E-state index contributed by atoms with van der Waals surface area (Å²) in [5, 5.41) is 7.02. The second-order valence-corrected chi connectivity index (χ2v) is 4.27. The van der Waals surface area contributed by atoms with E-state index in [1.807, 2.05) is 20.8 Å². The minimum Gasteiger partial charge on any atom is -0.315 e. The number of carbonyl (C=O) groups excluding carboxylic acids is 1. The van der Waals surface area contributed by atoms with Crippen LogP contribution >= 0.6 is 11.5 Å². The van der Waals surface area contributed by atoms with Crippen LogP contribution < -0.4 is 5.32 Å². The van der Waals surface area contributed by atoms with Crippen molar-refractivity contribution in [2.75, 3.05) is 5.32 Å². The first-order valence-corrected chi connectivity index (χ1v) is 4.36. The molecule has 1 amide bonds. The Bertz CT molecular complexity index is 263. The van der Waals surface area contributed by atoms with Gasteiger partial charge in [-0.25, -0.2) is 0 Å². The van der Waals surface area contributed by atoms with Gasteiger partial charge in [-0.1, -0.05) is 25.3 Å². The van der Waals surface area contributed by atoms with Crippen LogP contribution in [0.25, 0.3) is 0 Å². The normalized spacial score (nSPS) is 11.2. The molecule has 0 saturated carbocycles. The Hall–Kier alpha value is -0.970. The van der Waals surface area contributed by atoms with E-state index in [1.54, 1.807) is 0 Å². The third kappa shape index (κ3) is 2.27. The summed E-state index contributed by atoms with van der Waals surface area (Å²) in [5.74, 6) is -0.0199. The van der Waals surface area contributed by atoms with Crippen LogP contribution in [0.2, 0.25) is 0 Å². The Morgan fingerprint density at radius 1 is 1.58 bits per heavy atom. The molecule has 0 spiro atoms. The van der Waals surface area contributed by atoms with Gasteiger partial charge in [0.1, 0.15) is 5.00 Å². The molecule has 0 radical (unpaired) electrons. The Labute approximate surface area is 75.2 Å². The Balaban J connectivity index is 2.60. The molecule has 1 aromatic rings. The van der Waals surface area contributed by atoms with Gasteiger partial charge >= 0.3 is 0 Å². The minimum atomic E-state index is -0.371. The molecule has 66 valence electrons. The van der Waals surface area contributed by atoms with Crippen molar-refractivity contribution in [2.45, 2.75) is 20.8 Å². The number of carbonyl (C=O) groups is 1. The molecule has 5 heteroatoms. The summed E-state index contributed by atoms with van der Waals surface area (Å²) in [5.41, 5.74) is -0.371. The van der Waals surface area contributed by atoms with Gasteiger partial charge in [-0.2, -0.15) is 0 Å². The van der Waals surface area contributed by atoms with E-state index in [0.717, 1.165) is 0 Å². The molecule has 1 N–H and O–H groups in total. The Kier molecular flexibility index (Phi) is 2.42. The van der Waals surface area contributed by atoms with Crippen LogP contribution in [0.3, 0.4) is 0 Å². The fourth-order valence-corrected chi connectivity index (χ4v) is 0.936. The molecule has 0 aliphatic rings. The van der Waals surface area contributed by atoms with Gasteiger partial charge in [0.15, 0.2) is 0 Å². The summed E-state index contributed by atoms with van der Waals surface area (Å²) in [6.07, 6.45) is 1.54. The summed E-state index contributed by atoms with van der Waals surface area (Å²) in [4.78, 5) is 11.4. The average molecular weight is 185 g/mol. The van der Waals surface area contributed by atoms with E-state index in [2.05, 4.69) is 14.9 Å². The molecule has 0 saturated heterocycles. The van der Waals surface area contributed by atoms with Crippen molar-refractivity contribution >= 4 is 22.4 Å². The van der Waals surface area contributed by atoms with Crippen molar-refractivity contribution in [1.29, 1.82) is 0 Å². The standard InChI is InChI=1S/C7H11N3OS/c1-7(2,3)6(11)9-5-4-8-10-12-5/h4H,1-3H3,(H,9,11). The number of anilines is 1. The predicted octanol–water partition coefficient (Wildman–Crippen LogP) is 1.52. The molecular weight excluding hydrogens is 174 g/mol. The maximum atomic E-state index is 11.4. The maximum Gasteiger partial charge on any atom is 0.230 e. The Morgan fingerprint density at radius 3 is 2.67 bits per heavy atom. The number of amides is 1. The van der Waals surface area contributed by atoms with Crippen LogP contribution in [0, 0.1) is 5.41 Å². The van der Waals surface area contributed by atoms with Gasteiger partial charge in [-0.05, 0) is 0 Å². The van der Waals surface area contributed by atoms with Crippen molar-refractivity contribution in [1.82, 2.24) is 9.59 Å². The van der Waals surface area contributed by atoms with Gasteiger partial charge < -0.3 is 5.32 Å². The average Bonchev–Trinajstić information content (AvgIpc) is 2.37. The molecule has 12 heavy (non-hydrogen) atoms. The van der Waals surface area contributed by atoms with Crippen molar-refractivity contribution in [3.05, 3.63) is 6.20 Å². The largest absolute Gasteiger partial charge is 0.315 e. The first-order valence-electron chi connectivity index (χ1n) is 3.59. The molecule has 0 unspecified atom stereocenters. The number of hydrogen-bond donors (Lipinski definition) is 1. The van der Waals surface area contributed by atoms with E-state index in [4.69, 9.17) is 0 Å². The molecule has 0 bridgehead atoms. The van der Waals surface area contributed by atoms with Crippen LogP contribution in [0.4, 0.5) is 5.00 Å². The first kappa shape index (κ1) is 9.12. The quantitative estimate of drug-likeness (QED) is 0.721. The van der Waals surface area contributed by atoms with Crippen molar-refractivity contribution in [2.24, 2.45) is 5.41 Å². The first-order chi connectivity index (χ1) is 5.50. The van der Waals surface area contributed by atoms with E-state index < -0.39 is 0 Å². The number of rotatable bonds is 1. The zero-order chi connectivity index (χ0) is 9.19.